The van der Waals surface area contributed by atoms with Crippen LogP contribution >= 0.6 is 34.9 Å². The van der Waals surface area contributed by atoms with E-state index < -0.39 is 0 Å². The molecule has 94 valence electrons. The molecule has 1 aliphatic heterocycles. The van der Waals surface area contributed by atoms with Crippen molar-refractivity contribution in [3.8, 4) is 0 Å². The second kappa shape index (κ2) is 6.33. The van der Waals surface area contributed by atoms with Gasteiger partial charge in [0.1, 0.15) is 0 Å². The molecular weight excluding hydrogens is 288 g/mol. The molecule has 0 N–H and O–H groups in total. The highest BCUT2D eigenvalue weighted by Crippen LogP contribution is 2.47. The van der Waals surface area contributed by atoms with Gasteiger partial charge in [0.25, 0.3) is 0 Å². The Bertz CT molecular complexity index is 540. The van der Waals surface area contributed by atoms with Crippen molar-refractivity contribution in [3.63, 3.8) is 0 Å². The molecule has 0 amide bonds. The molecular formula is C16H12S3. The van der Waals surface area contributed by atoms with Crippen LogP contribution in [0, 0.1) is 0 Å². The molecule has 0 radical (unpaired) electrons. The number of thiophene rings is 1. The number of hydrogen-bond acceptors (Lipinski definition) is 3. The quantitative estimate of drug-likeness (QED) is 0.387. The highest BCUT2D eigenvalue weighted by molar-refractivity contribution is 8.05. The van der Waals surface area contributed by atoms with Crippen LogP contribution in [0.2, 0.25) is 0 Å². The predicted molar refractivity (Wildman–Crippen MR) is 85.4 cm³/mol. The lowest BCUT2D eigenvalue weighted by atomic mass is 10.3. The summed E-state index contributed by atoms with van der Waals surface area (Å²) in [6.45, 7) is 0. The van der Waals surface area contributed by atoms with E-state index >= 15 is 0 Å². The van der Waals surface area contributed by atoms with Crippen molar-refractivity contribution >= 4 is 34.9 Å². The molecule has 0 aliphatic carbocycles. The third kappa shape index (κ3) is 3.24. The van der Waals surface area contributed by atoms with Gasteiger partial charge in [-0.25, -0.2) is 0 Å². The first kappa shape index (κ1) is 12.9. The average Bonchev–Trinajstić information content (AvgIpc) is 3.04. The lowest BCUT2D eigenvalue weighted by Crippen LogP contribution is -1.87. The van der Waals surface area contributed by atoms with Crippen LogP contribution in [-0.2, 0) is 0 Å². The maximum atomic E-state index is 2.18. The van der Waals surface area contributed by atoms with Crippen molar-refractivity contribution < 1.29 is 0 Å². The monoisotopic (exact) mass is 300 g/mol. The van der Waals surface area contributed by atoms with Crippen molar-refractivity contribution in [2.75, 3.05) is 0 Å². The van der Waals surface area contributed by atoms with Gasteiger partial charge in [0.2, 0.25) is 0 Å². The molecule has 0 unspecified atom stereocenters. The molecule has 19 heavy (non-hydrogen) atoms. The highest BCUT2D eigenvalue weighted by atomic mass is 32.2. The van der Waals surface area contributed by atoms with Gasteiger partial charge in [-0.05, 0) is 35.0 Å². The van der Waals surface area contributed by atoms with Crippen LogP contribution in [-0.4, -0.2) is 0 Å². The van der Waals surface area contributed by atoms with Gasteiger partial charge in [0, 0.05) is 19.6 Å². The van der Waals surface area contributed by atoms with Gasteiger partial charge in [0.05, 0.1) is 0 Å². The summed E-state index contributed by atoms with van der Waals surface area (Å²) in [5.41, 5.74) is 0. The zero-order chi connectivity index (χ0) is 12.9. The third-order valence-corrected chi connectivity index (χ3v) is 5.75. The van der Waals surface area contributed by atoms with E-state index in [4.69, 9.17) is 0 Å². The molecule has 2 aromatic carbocycles. The number of rotatable bonds is 0. The molecule has 0 spiro atoms. The molecule has 0 saturated carbocycles. The largest absolute Gasteiger partial charge is 0.152 e. The standard InChI is InChI=1S/C12H8S2.C4H4S/c1-2-6-10-9(5-1)13-11-7-3-4-8-12(11)14-10;1-2-4-5-3-1/h1-8H;1-4H. The number of hydrogen-bond donors (Lipinski definition) is 0. The molecule has 0 atom stereocenters. The Kier molecular flexibility index (Phi) is 4.28. The molecule has 0 saturated heterocycles. The number of benzene rings is 2. The Morgan fingerprint density at radius 3 is 1.11 bits per heavy atom. The molecule has 4 rings (SSSR count). The van der Waals surface area contributed by atoms with Crippen LogP contribution in [0.4, 0.5) is 0 Å². The maximum absolute atomic E-state index is 2.18. The van der Waals surface area contributed by atoms with Crippen LogP contribution in [0.3, 0.4) is 0 Å². The Balaban J connectivity index is 0.000000187. The van der Waals surface area contributed by atoms with Gasteiger partial charge in [-0.3, -0.25) is 0 Å². The Morgan fingerprint density at radius 1 is 0.474 bits per heavy atom. The zero-order valence-electron chi connectivity index (χ0n) is 10.2. The fourth-order valence-corrected chi connectivity index (χ4v) is 4.39. The van der Waals surface area contributed by atoms with Gasteiger partial charge < -0.3 is 0 Å². The van der Waals surface area contributed by atoms with Crippen molar-refractivity contribution in [2.45, 2.75) is 19.6 Å². The fraction of sp³-hybridized carbons (Fsp3) is 0. The van der Waals surface area contributed by atoms with Crippen molar-refractivity contribution in [1.29, 1.82) is 0 Å². The summed E-state index contributed by atoms with van der Waals surface area (Å²) in [5, 5.41) is 4.08. The topological polar surface area (TPSA) is 0 Å². The first-order chi connectivity index (χ1) is 9.43. The van der Waals surface area contributed by atoms with Crippen LogP contribution in [0.15, 0.2) is 91.0 Å². The summed E-state index contributed by atoms with van der Waals surface area (Å²) in [4.78, 5) is 5.49. The summed E-state index contributed by atoms with van der Waals surface area (Å²) < 4.78 is 0. The Hall–Kier alpha value is -1.16. The molecule has 1 aromatic heterocycles. The smallest absolute Gasteiger partial charge is 0.0262 e. The van der Waals surface area contributed by atoms with Gasteiger partial charge in [-0.2, -0.15) is 11.3 Å². The lowest BCUT2D eigenvalue weighted by Gasteiger charge is -2.17. The highest BCUT2D eigenvalue weighted by Gasteiger charge is 2.14. The minimum atomic E-state index is 1.37. The van der Waals surface area contributed by atoms with E-state index in [0.717, 1.165) is 0 Å². The molecule has 1 aliphatic rings. The van der Waals surface area contributed by atoms with Crippen LogP contribution in [0.25, 0.3) is 0 Å². The summed E-state index contributed by atoms with van der Waals surface area (Å²) in [5.74, 6) is 0. The average molecular weight is 300 g/mol. The van der Waals surface area contributed by atoms with Crippen LogP contribution < -0.4 is 0 Å². The van der Waals surface area contributed by atoms with Crippen LogP contribution in [0.1, 0.15) is 0 Å². The number of fused-ring (bicyclic) bond motifs is 2. The summed E-state index contributed by atoms with van der Waals surface area (Å²) >= 11 is 5.44. The first-order valence-electron chi connectivity index (χ1n) is 5.94. The summed E-state index contributed by atoms with van der Waals surface area (Å²) in [6.07, 6.45) is 0. The SMILES string of the molecule is c1ccc2c(c1)Sc1ccccc1S2.c1ccsc1. The van der Waals surface area contributed by atoms with E-state index in [1.165, 1.54) is 19.6 Å². The van der Waals surface area contributed by atoms with E-state index in [9.17, 15) is 0 Å². The molecule has 0 bridgehead atoms. The second-order valence-electron chi connectivity index (χ2n) is 3.89. The maximum Gasteiger partial charge on any atom is 0.0262 e. The molecule has 0 fully saturated rings. The third-order valence-electron chi connectivity index (χ3n) is 2.56. The van der Waals surface area contributed by atoms with E-state index in [1.807, 2.05) is 46.4 Å². The van der Waals surface area contributed by atoms with Crippen molar-refractivity contribution in [3.05, 3.63) is 71.4 Å². The zero-order valence-corrected chi connectivity index (χ0v) is 12.6. The first-order valence-corrected chi connectivity index (χ1v) is 8.52. The molecule has 3 heteroatoms. The normalized spacial score (nSPS) is 11.8. The molecule has 0 nitrogen and oxygen atoms in total. The van der Waals surface area contributed by atoms with Crippen molar-refractivity contribution in [2.24, 2.45) is 0 Å². The molecule has 3 aromatic rings. The van der Waals surface area contributed by atoms with E-state index in [-0.39, 0.29) is 0 Å². The second-order valence-corrected chi connectivity index (χ2v) is 6.87. The van der Waals surface area contributed by atoms with E-state index in [2.05, 4.69) is 48.5 Å². The summed E-state index contributed by atoms with van der Waals surface area (Å²) in [6, 6.07) is 21.2. The molecule has 2 heterocycles. The van der Waals surface area contributed by atoms with Gasteiger partial charge >= 0.3 is 0 Å². The summed E-state index contributed by atoms with van der Waals surface area (Å²) in [7, 11) is 0. The van der Waals surface area contributed by atoms with Gasteiger partial charge in [-0.15, -0.1) is 0 Å². The van der Waals surface area contributed by atoms with Gasteiger partial charge in [-0.1, -0.05) is 59.9 Å². The Labute approximate surface area is 125 Å². The fourth-order valence-electron chi connectivity index (χ4n) is 1.70. The predicted octanol–water partition coefficient (Wildman–Crippen LogP) is 6.05. The van der Waals surface area contributed by atoms with Gasteiger partial charge in [0.15, 0.2) is 0 Å². The van der Waals surface area contributed by atoms with Crippen molar-refractivity contribution in [1.82, 2.24) is 0 Å². The Morgan fingerprint density at radius 2 is 0.842 bits per heavy atom. The van der Waals surface area contributed by atoms with Crippen LogP contribution in [0.5, 0.6) is 0 Å². The minimum absolute atomic E-state index is 1.37. The van der Waals surface area contributed by atoms with E-state index in [1.54, 1.807) is 11.3 Å². The minimum Gasteiger partial charge on any atom is -0.152 e. The lowest BCUT2D eigenvalue weighted by molar-refractivity contribution is 1.16. The van der Waals surface area contributed by atoms with E-state index in [0.29, 0.717) is 0 Å².